The minimum absolute atomic E-state index is 0.498. The van der Waals surface area contributed by atoms with Crippen LogP contribution in [0.25, 0.3) is 17.1 Å². The number of likely N-dealkylation sites (N-methyl/N-ethyl adjacent to an activating group) is 1. The van der Waals surface area contributed by atoms with Gasteiger partial charge in [-0.05, 0) is 43.4 Å². The van der Waals surface area contributed by atoms with Gasteiger partial charge in [-0.15, -0.1) is 0 Å². The highest BCUT2D eigenvalue weighted by Crippen LogP contribution is 2.24. The molecule has 6 nitrogen and oxygen atoms in total. The van der Waals surface area contributed by atoms with E-state index in [1.54, 1.807) is 12.4 Å². The van der Waals surface area contributed by atoms with Crippen LogP contribution in [0.1, 0.15) is 0 Å². The molecule has 2 N–H and O–H groups in total. The monoisotopic (exact) mass is 334 g/mol. The highest BCUT2D eigenvalue weighted by molar-refractivity contribution is 5.62. The number of hydrogen-bond acceptors (Lipinski definition) is 5. The Kier molecular flexibility index (Phi) is 4.11. The summed E-state index contributed by atoms with van der Waals surface area (Å²) in [7, 11) is 2.17. The summed E-state index contributed by atoms with van der Waals surface area (Å²) in [5, 5.41) is 0. The molecule has 25 heavy (non-hydrogen) atoms. The molecule has 1 fully saturated rings. The van der Waals surface area contributed by atoms with Gasteiger partial charge in [0.2, 0.25) is 0 Å². The van der Waals surface area contributed by atoms with Crippen LogP contribution in [0.5, 0.6) is 0 Å². The number of imidazole rings is 1. The minimum Gasteiger partial charge on any atom is -0.384 e. The highest BCUT2D eigenvalue weighted by atomic mass is 15.2. The van der Waals surface area contributed by atoms with E-state index in [1.807, 2.05) is 18.3 Å². The second-order valence-electron chi connectivity index (χ2n) is 6.40. The molecule has 0 aliphatic carbocycles. The lowest BCUT2D eigenvalue weighted by Gasteiger charge is -2.34. The fourth-order valence-electron chi connectivity index (χ4n) is 3.20. The van der Waals surface area contributed by atoms with E-state index in [1.165, 1.54) is 5.69 Å². The third-order valence-corrected chi connectivity index (χ3v) is 4.68. The maximum atomic E-state index is 5.81. The molecule has 3 aromatic rings. The summed E-state index contributed by atoms with van der Waals surface area (Å²) in [4.78, 5) is 13.3. The molecular weight excluding hydrogens is 312 g/mol. The predicted octanol–water partition coefficient (Wildman–Crippen LogP) is 2.27. The molecule has 0 saturated carbocycles. The van der Waals surface area contributed by atoms with Crippen LogP contribution < -0.4 is 10.6 Å². The van der Waals surface area contributed by atoms with Gasteiger partial charge in [0.1, 0.15) is 11.6 Å². The van der Waals surface area contributed by atoms with Crippen LogP contribution in [0.4, 0.5) is 11.5 Å². The van der Waals surface area contributed by atoms with Crippen molar-refractivity contribution in [2.45, 2.75) is 0 Å². The van der Waals surface area contributed by atoms with Crippen LogP contribution in [0.15, 0.2) is 55.0 Å². The first kappa shape index (κ1) is 15.7. The van der Waals surface area contributed by atoms with E-state index in [-0.39, 0.29) is 0 Å². The van der Waals surface area contributed by atoms with E-state index in [0.29, 0.717) is 5.82 Å². The van der Waals surface area contributed by atoms with Gasteiger partial charge in [-0.1, -0.05) is 0 Å². The molecule has 1 saturated heterocycles. The summed E-state index contributed by atoms with van der Waals surface area (Å²) in [6.07, 6.45) is 5.48. The molecule has 3 heterocycles. The van der Waals surface area contributed by atoms with Crippen molar-refractivity contribution < 1.29 is 0 Å². The van der Waals surface area contributed by atoms with Crippen molar-refractivity contribution in [1.29, 1.82) is 0 Å². The molecule has 1 aromatic carbocycles. The van der Waals surface area contributed by atoms with Gasteiger partial charge in [-0.2, -0.15) is 0 Å². The number of rotatable bonds is 3. The van der Waals surface area contributed by atoms with Gasteiger partial charge in [0.05, 0.1) is 0 Å². The summed E-state index contributed by atoms with van der Waals surface area (Å²) >= 11 is 0. The van der Waals surface area contributed by atoms with Crippen LogP contribution >= 0.6 is 0 Å². The lowest BCUT2D eigenvalue weighted by Crippen LogP contribution is -2.44. The summed E-state index contributed by atoms with van der Waals surface area (Å²) in [5.41, 5.74) is 9.12. The maximum absolute atomic E-state index is 5.81. The highest BCUT2D eigenvalue weighted by Gasteiger charge is 2.14. The fourth-order valence-corrected chi connectivity index (χ4v) is 3.20. The molecule has 0 spiro atoms. The second-order valence-corrected chi connectivity index (χ2v) is 6.40. The summed E-state index contributed by atoms with van der Waals surface area (Å²) in [6, 6.07) is 12.4. The molecule has 2 aromatic heterocycles. The molecule has 0 radical (unpaired) electrons. The largest absolute Gasteiger partial charge is 0.384 e. The van der Waals surface area contributed by atoms with Gasteiger partial charge >= 0.3 is 0 Å². The number of anilines is 2. The van der Waals surface area contributed by atoms with Crippen molar-refractivity contribution >= 4 is 11.5 Å². The van der Waals surface area contributed by atoms with Gasteiger partial charge in [0.15, 0.2) is 0 Å². The van der Waals surface area contributed by atoms with E-state index in [4.69, 9.17) is 5.73 Å². The van der Waals surface area contributed by atoms with E-state index < -0.39 is 0 Å². The molecule has 128 valence electrons. The van der Waals surface area contributed by atoms with Crippen LogP contribution in [0, 0.1) is 0 Å². The zero-order chi connectivity index (χ0) is 17.2. The zero-order valence-electron chi connectivity index (χ0n) is 14.3. The summed E-state index contributed by atoms with van der Waals surface area (Å²) in [5.74, 6) is 1.36. The lowest BCUT2D eigenvalue weighted by atomic mass is 10.2. The van der Waals surface area contributed by atoms with E-state index >= 15 is 0 Å². The summed E-state index contributed by atoms with van der Waals surface area (Å²) in [6.45, 7) is 4.36. The van der Waals surface area contributed by atoms with Crippen LogP contribution in [0.2, 0.25) is 0 Å². The van der Waals surface area contributed by atoms with E-state index in [0.717, 1.165) is 43.3 Å². The van der Waals surface area contributed by atoms with Crippen molar-refractivity contribution in [2.75, 3.05) is 43.9 Å². The Morgan fingerprint density at radius 3 is 2.32 bits per heavy atom. The Morgan fingerprint density at radius 1 is 0.880 bits per heavy atom. The van der Waals surface area contributed by atoms with Crippen molar-refractivity contribution in [2.24, 2.45) is 0 Å². The number of nitrogens with zero attached hydrogens (tertiary/aromatic N) is 5. The number of nitrogen functional groups attached to an aromatic ring is 1. The molecule has 6 heteroatoms. The Labute approximate surface area is 147 Å². The zero-order valence-corrected chi connectivity index (χ0v) is 14.3. The Bertz CT molecular complexity index is 846. The Hall–Kier alpha value is -2.86. The molecule has 0 bridgehead atoms. The fraction of sp³-hybridized carbons (Fsp3) is 0.263. The first-order chi connectivity index (χ1) is 12.2. The molecule has 1 aliphatic heterocycles. The first-order valence-electron chi connectivity index (χ1n) is 8.50. The number of nitrogens with two attached hydrogens (primary N) is 1. The molecule has 0 unspecified atom stereocenters. The topological polar surface area (TPSA) is 63.2 Å². The molecule has 1 aliphatic rings. The second kappa shape index (κ2) is 6.57. The van der Waals surface area contributed by atoms with E-state index in [2.05, 4.69) is 55.6 Å². The SMILES string of the molecule is CN1CCN(c2ccc(-n3ccnc3-c3ccnc(N)c3)cc2)CC1. The molecule has 0 amide bonds. The van der Waals surface area contributed by atoms with Crippen molar-refractivity contribution in [3.63, 3.8) is 0 Å². The smallest absolute Gasteiger partial charge is 0.144 e. The molecule has 4 rings (SSSR count). The number of benzene rings is 1. The number of aromatic nitrogens is 3. The maximum Gasteiger partial charge on any atom is 0.144 e. The lowest BCUT2D eigenvalue weighted by molar-refractivity contribution is 0.313. The van der Waals surface area contributed by atoms with Gasteiger partial charge in [-0.3, -0.25) is 4.57 Å². The van der Waals surface area contributed by atoms with E-state index in [9.17, 15) is 0 Å². The number of hydrogen-bond donors (Lipinski definition) is 1. The van der Waals surface area contributed by atoms with Crippen molar-refractivity contribution in [3.05, 3.63) is 55.0 Å². The van der Waals surface area contributed by atoms with Gasteiger partial charge in [0, 0.05) is 61.7 Å². The standard InChI is InChI=1S/C19H22N6/c1-23-10-12-24(13-11-23)16-2-4-17(5-3-16)25-9-8-22-19(25)15-6-7-21-18(20)14-15/h2-9,14H,10-13H2,1H3,(H2,20,21). The average Bonchev–Trinajstić information content (AvgIpc) is 3.12. The van der Waals surface area contributed by atoms with Gasteiger partial charge in [0.25, 0.3) is 0 Å². The number of piperazine rings is 1. The number of pyridine rings is 1. The van der Waals surface area contributed by atoms with Gasteiger partial charge in [-0.25, -0.2) is 9.97 Å². The minimum atomic E-state index is 0.498. The normalized spacial score (nSPS) is 15.5. The van der Waals surface area contributed by atoms with Crippen molar-refractivity contribution in [3.8, 4) is 17.1 Å². The predicted molar refractivity (Wildman–Crippen MR) is 101 cm³/mol. The average molecular weight is 334 g/mol. The third-order valence-electron chi connectivity index (χ3n) is 4.68. The van der Waals surface area contributed by atoms with Gasteiger partial charge < -0.3 is 15.5 Å². The Morgan fingerprint density at radius 2 is 1.60 bits per heavy atom. The third kappa shape index (κ3) is 3.21. The van der Waals surface area contributed by atoms with Crippen LogP contribution in [-0.2, 0) is 0 Å². The van der Waals surface area contributed by atoms with Crippen LogP contribution in [0.3, 0.4) is 0 Å². The quantitative estimate of drug-likeness (QED) is 0.796. The Balaban J connectivity index is 1.60. The van der Waals surface area contributed by atoms with Crippen LogP contribution in [-0.4, -0.2) is 52.7 Å². The van der Waals surface area contributed by atoms with Crippen molar-refractivity contribution in [1.82, 2.24) is 19.4 Å². The summed E-state index contributed by atoms with van der Waals surface area (Å²) < 4.78 is 2.07. The molecule has 0 atom stereocenters. The molecular formula is C19H22N6. The first-order valence-corrected chi connectivity index (χ1v) is 8.50.